The monoisotopic (exact) mass is 303 g/mol. The normalized spacial score (nSPS) is 18.4. The molecule has 3 rings (SSSR count). The van der Waals surface area contributed by atoms with Gasteiger partial charge in [0.15, 0.2) is 6.10 Å². The summed E-state index contributed by atoms with van der Waals surface area (Å²) in [7, 11) is 1.59. The number of hydrogen-bond donors (Lipinski definition) is 2. The number of rotatable bonds is 3. The molecule has 2 amide bonds. The number of benzene rings is 1. The van der Waals surface area contributed by atoms with E-state index in [1.54, 1.807) is 18.1 Å². The molecular formula is C15H17N3O4. The Hall–Kier alpha value is -2.54. The van der Waals surface area contributed by atoms with Gasteiger partial charge in [-0.15, -0.1) is 0 Å². The standard InChI is InChI=1S/C15H17N3O4/c1-21-10-3-2-9-6-12(17-11(9)7-10)15(20)18-4-5-22-13(8-18)14(16)19/h2-3,6-7,13,17H,4-5,8H2,1H3,(H2,16,19)/t13-/m1/s1. The van der Waals surface area contributed by atoms with E-state index < -0.39 is 12.0 Å². The third kappa shape index (κ3) is 2.62. The van der Waals surface area contributed by atoms with Crippen LogP contribution in [-0.4, -0.2) is 54.6 Å². The smallest absolute Gasteiger partial charge is 0.270 e. The van der Waals surface area contributed by atoms with Gasteiger partial charge in [0.1, 0.15) is 11.4 Å². The van der Waals surface area contributed by atoms with Gasteiger partial charge in [-0.2, -0.15) is 0 Å². The Morgan fingerprint density at radius 1 is 1.41 bits per heavy atom. The van der Waals surface area contributed by atoms with Gasteiger partial charge in [-0.05, 0) is 18.2 Å². The van der Waals surface area contributed by atoms with Crippen molar-refractivity contribution in [2.45, 2.75) is 6.10 Å². The molecule has 0 spiro atoms. The molecule has 2 aromatic rings. The third-order valence-corrected chi connectivity index (χ3v) is 3.73. The van der Waals surface area contributed by atoms with Crippen LogP contribution in [0, 0.1) is 0 Å². The number of fused-ring (bicyclic) bond motifs is 1. The molecule has 0 bridgehead atoms. The summed E-state index contributed by atoms with van der Waals surface area (Å²) < 4.78 is 10.4. The van der Waals surface area contributed by atoms with Gasteiger partial charge < -0.3 is 25.1 Å². The molecule has 116 valence electrons. The first kappa shape index (κ1) is 14.4. The minimum Gasteiger partial charge on any atom is -0.497 e. The van der Waals surface area contributed by atoms with Crippen LogP contribution in [0.3, 0.4) is 0 Å². The van der Waals surface area contributed by atoms with Crippen LogP contribution in [0.25, 0.3) is 10.9 Å². The number of aromatic nitrogens is 1. The Balaban J connectivity index is 1.83. The summed E-state index contributed by atoms with van der Waals surface area (Å²) in [5, 5.41) is 0.920. The van der Waals surface area contributed by atoms with Gasteiger partial charge in [0, 0.05) is 23.5 Å². The number of morpholine rings is 1. The molecule has 2 heterocycles. The van der Waals surface area contributed by atoms with Crippen molar-refractivity contribution in [3.63, 3.8) is 0 Å². The van der Waals surface area contributed by atoms with E-state index in [9.17, 15) is 9.59 Å². The Morgan fingerprint density at radius 3 is 2.95 bits per heavy atom. The van der Waals surface area contributed by atoms with Crippen LogP contribution in [0.5, 0.6) is 5.75 Å². The third-order valence-electron chi connectivity index (χ3n) is 3.73. The van der Waals surface area contributed by atoms with Crippen molar-refractivity contribution >= 4 is 22.7 Å². The van der Waals surface area contributed by atoms with Crippen molar-refractivity contribution in [3.05, 3.63) is 30.0 Å². The molecule has 0 radical (unpaired) electrons. The number of hydrogen-bond acceptors (Lipinski definition) is 4. The second-order valence-electron chi connectivity index (χ2n) is 5.15. The largest absolute Gasteiger partial charge is 0.497 e. The van der Waals surface area contributed by atoms with Gasteiger partial charge in [-0.1, -0.05) is 0 Å². The second-order valence-corrected chi connectivity index (χ2v) is 5.15. The molecule has 1 aromatic heterocycles. The number of nitrogens with one attached hydrogen (secondary N) is 1. The Labute approximate surface area is 127 Å². The van der Waals surface area contributed by atoms with Crippen LogP contribution >= 0.6 is 0 Å². The second kappa shape index (κ2) is 5.69. The average Bonchev–Trinajstić information content (AvgIpc) is 2.97. The van der Waals surface area contributed by atoms with Crippen molar-refractivity contribution in [3.8, 4) is 5.75 Å². The average molecular weight is 303 g/mol. The molecule has 1 aliphatic rings. The molecule has 22 heavy (non-hydrogen) atoms. The lowest BCUT2D eigenvalue weighted by Crippen LogP contribution is -2.50. The van der Waals surface area contributed by atoms with Crippen LogP contribution in [-0.2, 0) is 9.53 Å². The van der Waals surface area contributed by atoms with Crippen molar-refractivity contribution in [2.24, 2.45) is 5.73 Å². The number of primary amides is 1. The number of methoxy groups -OCH3 is 1. The quantitative estimate of drug-likeness (QED) is 0.863. The zero-order valence-corrected chi connectivity index (χ0v) is 12.2. The Morgan fingerprint density at radius 2 is 2.23 bits per heavy atom. The SMILES string of the molecule is COc1ccc2cc(C(=O)N3CCO[C@@H](C(N)=O)C3)[nH]c2c1. The maximum atomic E-state index is 12.5. The summed E-state index contributed by atoms with van der Waals surface area (Å²) in [6, 6.07) is 7.33. The van der Waals surface area contributed by atoms with Crippen molar-refractivity contribution in [1.82, 2.24) is 9.88 Å². The number of carbonyl (C=O) groups excluding carboxylic acids is 2. The topological polar surface area (TPSA) is 97.6 Å². The van der Waals surface area contributed by atoms with E-state index in [1.165, 1.54) is 0 Å². The first-order chi connectivity index (χ1) is 10.6. The first-order valence-electron chi connectivity index (χ1n) is 6.95. The minimum absolute atomic E-state index is 0.173. The molecule has 0 saturated carbocycles. The highest BCUT2D eigenvalue weighted by Gasteiger charge is 2.28. The number of amides is 2. The first-order valence-corrected chi connectivity index (χ1v) is 6.95. The van der Waals surface area contributed by atoms with E-state index in [4.69, 9.17) is 15.2 Å². The van der Waals surface area contributed by atoms with Crippen LogP contribution < -0.4 is 10.5 Å². The summed E-state index contributed by atoms with van der Waals surface area (Å²) in [4.78, 5) is 28.4. The zero-order valence-electron chi connectivity index (χ0n) is 12.2. The van der Waals surface area contributed by atoms with Gasteiger partial charge in [0.25, 0.3) is 5.91 Å². The van der Waals surface area contributed by atoms with Crippen molar-refractivity contribution < 1.29 is 19.1 Å². The maximum Gasteiger partial charge on any atom is 0.270 e. The van der Waals surface area contributed by atoms with Crippen molar-refractivity contribution in [1.29, 1.82) is 0 Å². The highest BCUT2D eigenvalue weighted by molar-refractivity contribution is 5.98. The lowest BCUT2D eigenvalue weighted by molar-refractivity contribution is -0.133. The molecule has 1 atom stereocenters. The molecule has 1 saturated heterocycles. The fourth-order valence-electron chi connectivity index (χ4n) is 2.52. The fourth-order valence-corrected chi connectivity index (χ4v) is 2.52. The number of H-pyrrole nitrogens is 1. The molecule has 0 unspecified atom stereocenters. The number of carbonyl (C=O) groups is 2. The molecule has 1 fully saturated rings. The summed E-state index contributed by atoms with van der Waals surface area (Å²) in [5.41, 5.74) is 6.53. The highest BCUT2D eigenvalue weighted by Crippen LogP contribution is 2.22. The van der Waals surface area contributed by atoms with Crippen LogP contribution in [0.2, 0.25) is 0 Å². The molecule has 7 nitrogen and oxygen atoms in total. The zero-order chi connectivity index (χ0) is 15.7. The lowest BCUT2D eigenvalue weighted by Gasteiger charge is -2.31. The Bertz CT molecular complexity index is 725. The molecule has 7 heteroatoms. The van der Waals surface area contributed by atoms with Gasteiger partial charge in [0.05, 0.1) is 20.3 Å². The van der Waals surface area contributed by atoms with E-state index in [-0.39, 0.29) is 12.5 Å². The van der Waals surface area contributed by atoms with E-state index in [0.29, 0.717) is 24.6 Å². The maximum absolute atomic E-state index is 12.5. The van der Waals surface area contributed by atoms with Crippen LogP contribution in [0.1, 0.15) is 10.5 Å². The molecule has 0 aliphatic carbocycles. The van der Waals surface area contributed by atoms with Crippen LogP contribution in [0.15, 0.2) is 24.3 Å². The lowest BCUT2D eigenvalue weighted by atomic mass is 10.2. The molecule has 3 N–H and O–H groups in total. The minimum atomic E-state index is -0.748. The summed E-state index contributed by atoms with van der Waals surface area (Å²) in [6.07, 6.45) is -0.748. The van der Waals surface area contributed by atoms with Gasteiger partial charge in [-0.3, -0.25) is 9.59 Å². The van der Waals surface area contributed by atoms with Crippen LogP contribution in [0.4, 0.5) is 0 Å². The van der Waals surface area contributed by atoms with E-state index in [0.717, 1.165) is 10.9 Å². The summed E-state index contributed by atoms with van der Waals surface area (Å²) >= 11 is 0. The predicted molar refractivity (Wildman–Crippen MR) is 79.7 cm³/mol. The number of aromatic amines is 1. The van der Waals surface area contributed by atoms with Crippen molar-refractivity contribution in [2.75, 3.05) is 26.8 Å². The number of nitrogens with two attached hydrogens (primary N) is 1. The number of ether oxygens (including phenoxy) is 2. The van der Waals surface area contributed by atoms with Gasteiger partial charge in [0.2, 0.25) is 5.91 Å². The molecule has 1 aromatic carbocycles. The van der Waals surface area contributed by atoms with E-state index in [2.05, 4.69) is 4.98 Å². The van der Waals surface area contributed by atoms with E-state index >= 15 is 0 Å². The summed E-state index contributed by atoms with van der Waals surface area (Å²) in [6.45, 7) is 0.904. The number of nitrogens with zero attached hydrogens (tertiary/aromatic N) is 1. The predicted octanol–water partition coefficient (Wildman–Crippen LogP) is 0.503. The molecular weight excluding hydrogens is 286 g/mol. The highest BCUT2D eigenvalue weighted by atomic mass is 16.5. The van der Waals surface area contributed by atoms with Gasteiger partial charge >= 0.3 is 0 Å². The molecule has 1 aliphatic heterocycles. The van der Waals surface area contributed by atoms with E-state index in [1.807, 2.05) is 18.2 Å². The fraction of sp³-hybridized carbons (Fsp3) is 0.333. The Kier molecular flexibility index (Phi) is 3.72. The van der Waals surface area contributed by atoms with Gasteiger partial charge in [-0.25, -0.2) is 0 Å². The summed E-state index contributed by atoms with van der Waals surface area (Å²) in [5.74, 6) is -0.0166.